The van der Waals surface area contributed by atoms with Crippen LogP contribution in [-0.4, -0.2) is 32.1 Å². The SMILES string of the molecule is COCCCNC(=O)C1(C(=O)NCc2cccc(C)c2)CC1. The van der Waals surface area contributed by atoms with Crippen molar-refractivity contribution >= 4 is 11.8 Å². The third-order valence-electron chi connectivity index (χ3n) is 3.97. The van der Waals surface area contributed by atoms with Crippen LogP contribution in [0.5, 0.6) is 0 Å². The van der Waals surface area contributed by atoms with Crippen LogP contribution in [0.1, 0.15) is 30.4 Å². The van der Waals surface area contributed by atoms with Gasteiger partial charge in [0.2, 0.25) is 11.8 Å². The zero-order valence-electron chi connectivity index (χ0n) is 13.3. The Balaban J connectivity index is 1.82. The number of carbonyl (C=O) groups is 2. The fourth-order valence-electron chi connectivity index (χ4n) is 2.44. The number of methoxy groups -OCH3 is 1. The minimum Gasteiger partial charge on any atom is -0.385 e. The number of benzene rings is 1. The molecule has 1 aliphatic rings. The van der Waals surface area contributed by atoms with Gasteiger partial charge in [0.05, 0.1) is 0 Å². The van der Waals surface area contributed by atoms with Gasteiger partial charge in [0.15, 0.2) is 0 Å². The predicted octanol–water partition coefficient (Wildman–Crippen LogP) is 1.54. The summed E-state index contributed by atoms with van der Waals surface area (Å²) in [6.07, 6.45) is 2.01. The molecule has 0 atom stereocenters. The Morgan fingerprint density at radius 2 is 1.95 bits per heavy atom. The van der Waals surface area contributed by atoms with Crippen LogP contribution in [0.25, 0.3) is 0 Å². The van der Waals surface area contributed by atoms with Crippen molar-refractivity contribution in [2.24, 2.45) is 5.41 Å². The molecule has 0 aliphatic heterocycles. The lowest BCUT2D eigenvalue weighted by molar-refractivity contribution is -0.137. The van der Waals surface area contributed by atoms with Crippen LogP contribution >= 0.6 is 0 Å². The van der Waals surface area contributed by atoms with E-state index >= 15 is 0 Å². The Bertz CT molecular complexity index is 538. The molecule has 1 saturated carbocycles. The summed E-state index contributed by atoms with van der Waals surface area (Å²) in [6.45, 7) is 3.62. The highest BCUT2D eigenvalue weighted by molar-refractivity contribution is 6.07. The van der Waals surface area contributed by atoms with Crippen LogP contribution in [0.15, 0.2) is 24.3 Å². The first-order valence-corrected chi connectivity index (χ1v) is 7.69. The van der Waals surface area contributed by atoms with Gasteiger partial charge in [-0.1, -0.05) is 29.8 Å². The second-order valence-corrected chi connectivity index (χ2v) is 5.86. The van der Waals surface area contributed by atoms with Crippen molar-refractivity contribution in [3.63, 3.8) is 0 Å². The number of amides is 2. The second kappa shape index (κ2) is 7.40. The molecule has 5 nitrogen and oxygen atoms in total. The molecule has 2 N–H and O–H groups in total. The molecule has 5 heteroatoms. The van der Waals surface area contributed by atoms with Crippen molar-refractivity contribution in [3.8, 4) is 0 Å². The number of hydrogen-bond acceptors (Lipinski definition) is 3. The van der Waals surface area contributed by atoms with E-state index in [1.807, 2.05) is 31.2 Å². The van der Waals surface area contributed by atoms with Gasteiger partial charge in [-0.05, 0) is 31.7 Å². The molecule has 1 aromatic carbocycles. The van der Waals surface area contributed by atoms with E-state index < -0.39 is 5.41 Å². The molecule has 0 saturated heterocycles. The molecule has 1 aliphatic carbocycles. The highest BCUT2D eigenvalue weighted by Gasteiger charge is 2.56. The highest BCUT2D eigenvalue weighted by atomic mass is 16.5. The van der Waals surface area contributed by atoms with E-state index in [1.165, 1.54) is 0 Å². The Hall–Kier alpha value is -1.88. The minimum atomic E-state index is -0.850. The summed E-state index contributed by atoms with van der Waals surface area (Å²) in [7, 11) is 1.63. The summed E-state index contributed by atoms with van der Waals surface area (Å²) >= 11 is 0. The van der Waals surface area contributed by atoms with Gasteiger partial charge in [-0.15, -0.1) is 0 Å². The number of aryl methyl sites for hydroxylation is 1. The molecule has 0 heterocycles. The number of ether oxygens (including phenoxy) is 1. The topological polar surface area (TPSA) is 67.4 Å². The summed E-state index contributed by atoms with van der Waals surface area (Å²) in [5, 5.41) is 5.72. The van der Waals surface area contributed by atoms with Crippen LogP contribution in [0.3, 0.4) is 0 Å². The molecule has 0 radical (unpaired) electrons. The fraction of sp³-hybridized carbons (Fsp3) is 0.529. The van der Waals surface area contributed by atoms with E-state index in [0.29, 0.717) is 32.5 Å². The van der Waals surface area contributed by atoms with Gasteiger partial charge < -0.3 is 15.4 Å². The lowest BCUT2D eigenvalue weighted by atomic mass is 10.0. The smallest absolute Gasteiger partial charge is 0.235 e. The van der Waals surface area contributed by atoms with E-state index in [0.717, 1.165) is 17.5 Å². The summed E-state index contributed by atoms with van der Waals surface area (Å²) in [5.74, 6) is -0.330. The van der Waals surface area contributed by atoms with Gasteiger partial charge in [0.1, 0.15) is 5.41 Å². The average Bonchev–Trinajstić information content (AvgIpc) is 3.31. The molecule has 0 aromatic heterocycles. The largest absolute Gasteiger partial charge is 0.385 e. The van der Waals surface area contributed by atoms with Crippen molar-refractivity contribution in [2.45, 2.75) is 32.7 Å². The Morgan fingerprint density at radius 1 is 1.23 bits per heavy atom. The summed E-state index contributed by atoms with van der Waals surface area (Å²) in [6, 6.07) is 7.98. The van der Waals surface area contributed by atoms with E-state index in [-0.39, 0.29) is 11.8 Å². The molecule has 1 fully saturated rings. The highest BCUT2D eigenvalue weighted by Crippen LogP contribution is 2.46. The molecule has 0 spiro atoms. The molecule has 120 valence electrons. The van der Waals surface area contributed by atoms with E-state index in [4.69, 9.17) is 4.74 Å². The van der Waals surface area contributed by atoms with Crippen molar-refractivity contribution in [1.29, 1.82) is 0 Å². The normalized spacial score (nSPS) is 15.2. The lowest BCUT2D eigenvalue weighted by Crippen LogP contribution is -2.43. The molecular formula is C17H24N2O3. The zero-order valence-corrected chi connectivity index (χ0v) is 13.3. The van der Waals surface area contributed by atoms with Gasteiger partial charge >= 0.3 is 0 Å². The zero-order chi connectivity index (χ0) is 16.0. The Labute approximate surface area is 131 Å². The average molecular weight is 304 g/mol. The predicted molar refractivity (Wildman–Crippen MR) is 84.2 cm³/mol. The second-order valence-electron chi connectivity index (χ2n) is 5.86. The van der Waals surface area contributed by atoms with Crippen molar-refractivity contribution < 1.29 is 14.3 Å². The van der Waals surface area contributed by atoms with Crippen LogP contribution in [-0.2, 0) is 20.9 Å². The van der Waals surface area contributed by atoms with Crippen LogP contribution < -0.4 is 10.6 Å². The first kappa shape index (κ1) is 16.5. The summed E-state index contributed by atoms with van der Waals surface area (Å²) < 4.78 is 4.94. The van der Waals surface area contributed by atoms with Crippen molar-refractivity contribution in [1.82, 2.24) is 10.6 Å². The maximum atomic E-state index is 12.3. The quantitative estimate of drug-likeness (QED) is 0.565. The van der Waals surface area contributed by atoms with E-state index in [2.05, 4.69) is 10.6 Å². The maximum absolute atomic E-state index is 12.3. The minimum absolute atomic E-state index is 0.162. The number of rotatable bonds is 8. The maximum Gasteiger partial charge on any atom is 0.235 e. The number of carbonyl (C=O) groups excluding carboxylic acids is 2. The molecule has 0 bridgehead atoms. The van der Waals surface area contributed by atoms with Crippen molar-refractivity contribution in [3.05, 3.63) is 35.4 Å². The third kappa shape index (κ3) is 4.07. The first-order valence-electron chi connectivity index (χ1n) is 7.69. The molecule has 0 unspecified atom stereocenters. The van der Waals surface area contributed by atoms with E-state index in [9.17, 15) is 9.59 Å². The van der Waals surface area contributed by atoms with Crippen molar-refractivity contribution in [2.75, 3.05) is 20.3 Å². The molecule has 2 amide bonds. The number of nitrogens with one attached hydrogen (secondary N) is 2. The molecule has 1 aromatic rings. The van der Waals surface area contributed by atoms with E-state index in [1.54, 1.807) is 7.11 Å². The Morgan fingerprint density at radius 3 is 2.59 bits per heavy atom. The Kier molecular flexibility index (Phi) is 5.55. The fourth-order valence-corrected chi connectivity index (χ4v) is 2.44. The van der Waals surface area contributed by atoms with Gasteiger partial charge in [0.25, 0.3) is 0 Å². The first-order chi connectivity index (χ1) is 10.6. The van der Waals surface area contributed by atoms with Crippen LogP contribution in [0.4, 0.5) is 0 Å². The standard InChI is InChI=1S/C17H24N2O3/c1-13-5-3-6-14(11-13)12-19-16(21)17(7-8-17)15(20)18-9-4-10-22-2/h3,5-6,11H,4,7-10,12H2,1-2H3,(H,18,20)(H,19,21). The molecule has 22 heavy (non-hydrogen) atoms. The van der Waals surface area contributed by atoms with Gasteiger partial charge in [-0.25, -0.2) is 0 Å². The van der Waals surface area contributed by atoms with Crippen LogP contribution in [0, 0.1) is 12.3 Å². The van der Waals surface area contributed by atoms with Gasteiger partial charge in [-0.2, -0.15) is 0 Å². The number of hydrogen-bond donors (Lipinski definition) is 2. The van der Waals surface area contributed by atoms with Gasteiger partial charge in [0, 0.05) is 26.8 Å². The monoisotopic (exact) mass is 304 g/mol. The molecule has 2 rings (SSSR count). The van der Waals surface area contributed by atoms with Crippen LogP contribution in [0.2, 0.25) is 0 Å². The van der Waals surface area contributed by atoms with Gasteiger partial charge in [-0.3, -0.25) is 9.59 Å². The third-order valence-corrected chi connectivity index (χ3v) is 3.97. The summed E-state index contributed by atoms with van der Waals surface area (Å²) in [4.78, 5) is 24.5. The lowest BCUT2D eigenvalue weighted by Gasteiger charge is -2.15. The molecular weight excluding hydrogens is 280 g/mol. The summed E-state index contributed by atoms with van der Waals surface area (Å²) in [5.41, 5.74) is 1.35.